The van der Waals surface area contributed by atoms with E-state index in [1.54, 1.807) is 11.3 Å². The molecule has 1 aliphatic heterocycles. The molecule has 4 rings (SSSR count). The SMILES string of the molecule is Cc1noc(C)c1CN1CCCN(C(=O)c2cc3ccccc3s2)CC1. The number of aromatic nitrogens is 1. The van der Waals surface area contributed by atoms with Crippen LogP contribution in [0.4, 0.5) is 0 Å². The summed E-state index contributed by atoms with van der Waals surface area (Å²) in [6.07, 6.45) is 0.986. The Morgan fingerprint density at radius 1 is 1.19 bits per heavy atom. The highest BCUT2D eigenvalue weighted by Crippen LogP contribution is 2.26. The monoisotopic (exact) mass is 369 g/mol. The van der Waals surface area contributed by atoms with E-state index in [-0.39, 0.29) is 5.91 Å². The van der Waals surface area contributed by atoms with Crippen molar-refractivity contribution in [1.29, 1.82) is 0 Å². The van der Waals surface area contributed by atoms with Gasteiger partial charge in [-0.15, -0.1) is 11.3 Å². The van der Waals surface area contributed by atoms with E-state index in [2.05, 4.69) is 22.2 Å². The minimum atomic E-state index is 0.158. The average Bonchev–Trinajstić information content (AvgIpc) is 3.12. The topological polar surface area (TPSA) is 49.6 Å². The van der Waals surface area contributed by atoms with E-state index in [9.17, 15) is 4.79 Å². The van der Waals surface area contributed by atoms with Crippen LogP contribution in [0.25, 0.3) is 10.1 Å². The summed E-state index contributed by atoms with van der Waals surface area (Å²) in [6, 6.07) is 10.2. The molecule has 0 N–H and O–H groups in total. The summed E-state index contributed by atoms with van der Waals surface area (Å²) in [5, 5.41) is 5.19. The van der Waals surface area contributed by atoms with Crippen molar-refractivity contribution in [2.24, 2.45) is 0 Å². The van der Waals surface area contributed by atoms with E-state index in [1.807, 2.05) is 36.9 Å². The maximum absolute atomic E-state index is 12.9. The van der Waals surface area contributed by atoms with Crippen molar-refractivity contribution < 1.29 is 9.32 Å². The van der Waals surface area contributed by atoms with Crippen molar-refractivity contribution in [2.75, 3.05) is 26.2 Å². The summed E-state index contributed by atoms with van der Waals surface area (Å²) < 4.78 is 6.45. The van der Waals surface area contributed by atoms with Gasteiger partial charge in [-0.2, -0.15) is 0 Å². The molecule has 0 spiro atoms. The van der Waals surface area contributed by atoms with Crippen LogP contribution in [-0.4, -0.2) is 47.0 Å². The van der Waals surface area contributed by atoms with Crippen molar-refractivity contribution in [2.45, 2.75) is 26.8 Å². The first-order valence-corrected chi connectivity index (χ1v) is 9.85. The van der Waals surface area contributed by atoms with Gasteiger partial charge in [0.2, 0.25) is 0 Å². The molecule has 136 valence electrons. The lowest BCUT2D eigenvalue weighted by Crippen LogP contribution is -2.34. The van der Waals surface area contributed by atoms with Crippen LogP contribution in [0.1, 0.15) is 33.1 Å². The Morgan fingerprint density at radius 2 is 2.04 bits per heavy atom. The summed E-state index contributed by atoms with van der Waals surface area (Å²) in [7, 11) is 0. The number of nitrogens with zero attached hydrogens (tertiary/aromatic N) is 3. The maximum Gasteiger partial charge on any atom is 0.264 e. The van der Waals surface area contributed by atoms with Crippen LogP contribution in [0.2, 0.25) is 0 Å². The second kappa shape index (κ2) is 7.21. The minimum Gasteiger partial charge on any atom is -0.361 e. The second-order valence-corrected chi connectivity index (χ2v) is 7.96. The highest BCUT2D eigenvalue weighted by molar-refractivity contribution is 7.20. The number of benzene rings is 1. The van der Waals surface area contributed by atoms with Crippen LogP contribution in [0.3, 0.4) is 0 Å². The molecule has 2 aromatic heterocycles. The summed E-state index contributed by atoms with van der Waals surface area (Å²) in [5.74, 6) is 1.05. The largest absolute Gasteiger partial charge is 0.361 e. The molecule has 3 heterocycles. The molecule has 0 aliphatic carbocycles. The fraction of sp³-hybridized carbons (Fsp3) is 0.400. The molecule has 1 fully saturated rings. The number of rotatable bonds is 3. The van der Waals surface area contributed by atoms with Gasteiger partial charge < -0.3 is 9.42 Å². The molecular weight excluding hydrogens is 346 g/mol. The molecule has 1 amide bonds. The van der Waals surface area contributed by atoms with Gasteiger partial charge in [-0.05, 0) is 37.8 Å². The molecule has 3 aromatic rings. The van der Waals surface area contributed by atoms with E-state index in [0.29, 0.717) is 0 Å². The first kappa shape index (κ1) is 17.2. The van der Waals surface area contributed by atoms with Crippen molar-refractivity contribution >= 4 is 27.3 Å². The van der Waals surface area contributed by atoms with Gasteiger partial charge in [-0.3, -0.25) is 9.69 Å². The van der Waals surface area contributed by atoms with E-state index in [4.69, 9.17) is 4.52 Å². The van der Waals surface area contributed by atoms with Crippen LogP contribution in [0.5, 0.6) is 0 Å². The molecule has 0 radical (unpaired) electrons. The third-order valence-electron chi connectivity index (χ3n) is 5.07. The molecular formula is C20H23N3O2S. The molecule has 0 unspecified atom stereocenters. The molecule has 0 bridgehead atoms. The zero-order chi connectivity index (χ0) is 18.1. The first-order chi connectivity index (χ1) is 12.6. The first-order valence-electron chi connectivity index (χ1n) is 9.04. The van der Waals surface area contributed by atoms with Crippen molar-refractivity contribution in [3.63, 3.8) is 0 Å². The summed E-state index contributed by atoms with van der Waals surface area (Å²) >= 11 is 1.59. The molecule has 26 heavy (non-hydrogen) atoms. The Balaban J connectivity index is 1.43. The number of amides is 1. The van der Waals surface area contributed by atoms with E-state index in [0.717, 1.165) is 60.9 Å². The zero-order valence-electron chi connectivity index (χ0n) is 15.2. The van der Waals surface area contributed by atoms with E-state index in [1.165, 1.54) is 10.3 Å². The van der Waals surface area contributed by atoms with Crippen molar-refractivity contribution in [3.8, 4) is 0 Å². The lowest BCUT2D eigenvalue weighted by molar-refractivity contribution is 0.0766. The molecule has 1 aliphatic rings. The van der Waals surface area contributed by atoms with Gasteiger partial charge in [0.15, 0.2) is 0 Å². The quantitative estimate of drug-likeness (QED) is 0.704. The van der Waals surface area contributed by atoms with Crippen LogP contribution >= 0.6 is 11.3 Å². The Kier molecular flexibility index (Phi) is 4.78. The number of thiophene rings is 1. The number of carbonyl (C=O) groups is 1. The van der Waals surface area contributed by atoms with Gasteiger partial charge in [0.25, 0.3) is 5.91 Å². The Hall–Kier alpha value is -2.18. The van der Waals surface area contributed by atoms with Gasteiger partial charge in [-0.1, -0.05) is 23.4 Å². The highest BCUT2D eigenvalue weighted by Gasteiger charge is 2.23. The van der Waals surface area contributed by atoms with Gasteiger partial charge >= 0.3 is 0 Å². The predicted molar refractivity (Wildman–Crippen MR) is 104 cm³/mol. The Bertz CT molecular complexity index is 878. The van der Waals surface area contributed by atoms with Gasteiger partial charge in [0.1, 0.15) is 5.76 Å². The number of aryl methyl sites for hydroxylation is 2. The fourth-order valence-electron chi connectivity index (χ4n) is 3.53. The minimum absolute atomic E-state index is 0.158. The molecule has 1 aromatic carbocycles. The van der Waals surface area contributed by atoms with Gasteiger partial charge in [0.05, 0.1) is 10.6 Å². The average molecular weight is 369 g/mol. The van der Waals surface area contributed by atoms with E-state index < -0.39 is 0 Å². The van der Waals surface area contributed by atoms with Crippen LogP contribution in [0, 0.1) is 13.8 Å². The van der Waals surface area contributed by atoms with Crippen molar-refractivity contribution in [3.05, 3.63) is 52.2 Å². The molecule has 1 saturated heterocycles. The third-order valence-corrected chi connectivity index (χ3v) is 6.18. The maximum atomic E-state index is 12.9. The van der Waals surface area contributed by atoms with Crippen LogP contribution in [-0.2, 0) is 6.54 Å². The zero-order valence-corrected chi connectivity index (χ0v) is 16.0. The molecule has 6 heteroatoms. The molecule has 0 saturated carbocycles. The van der Waals surface area contributed by atoms with Crippen molar-refractivity contribution in [1.82, 2.24) is 15.0 Å². The summed E-state index contributed by atoms with van der Waals surface area (Å²) in [6.45, 7) is 8.22. The predicted octanol–water partition coefficient (Wildman–Crippen LogP) is 3.85. The summed E-state index contributed by atoms with van der Waals surface area (Å²) in [4.78, 5) is 18.2. The lowest BCUT2D eigenvalue weighted by atomic mass is 10.2. The number of hydrogen-bond donors (Lipinski definition) is 0. The van der Waals surface area contributed by atoms with Gasteiger partial charge in [0, 0.05) is 43.0 Å². The second-order valence-electron chi connectivity index (χ2n) is 6.87. The van der Waals surface area contributed by atoms with Crippen LogP contribution < -0.4 is 0 Å². The Morgan fingerprint density at radius 3 is 2.81 bits per heavy atom. The highest BCUT2D eigenvalue weighted by atomic mass is 32.1. The number of fused-ring (bicyclic) bond motifs is 1. The number of carbonyl (C=O) groups excluding carboxylic acids is 1. The lowest BCUT2D eigenvalue weighted by Gasteiger charge is -2.21. The molecule has 0 atom stereocenters. The normalized spacial score (nSPS) is 16.2. The van der Waals surface area contributed by atoms with Crippen LogP contribution in [0.15, 0.2) is 34.9 Å². The Labute approximate surface area is 157 Å². The summed E-state index contributed by atoms with van der Waals surface area (Å²) in [5.41, 5.74) is 2.14. The van der Waals surface area contributed by atoms with E-state index >= 15 is 0 Å². The molecule has 5 nitrogen and oxygen atoms in total. The standard InChI is InChI=1S/C20H23N3O2S/c1-14-17(15(2)25-21-14)13-22-8-5-9-23(11-10-22)20(24)19-12-16-6-3-4-7-18(16)26-19/h3-4,6-7,12H,5,8-11,13H2,1-2H3. The number of hydrogen-bond acceptors (Lipinski definition) is 5. The third kappa shape index (κ3) is 3.39. The smallest absolute Gasteiger partial charge is 0.264 e. The fourth-order valence-corrected chi connectivity index (χ4v) is 4.56. The van der Waals surface area contributed by atoms with Gasteiger partial charge in [-0.25, -0.2) is 0 Å².